The van der Waals surface area contributed by atoms with Crippen molar-refractivity contribution in [1.82, 2.24) is 15.1 Å². The summed E-state index contributed by atoms with van der Waals surface area (Å²) in [7, 11) is 0. The topological polar surface area (TPSA) is 46.9 Å². The Bertz CT molecular complexity index is 952. The molecule has 0 fully saturated rings. The summed E-state index contributed by atoms with van der Waals surface area (Å²) in [4.78, 5) is 12.4. The number of nitrogens with one attached hydrogen (secondary N) is 1. The zero-order valence-electron chi connectivity index (χ0n) is 14.6. The predicted molar refractivity (Wildman–Crippen MR) is 108 cm³/mol. The molecule has 0 spiro atoms. The van der Waals surface area contributed by atoms with E-state index in [1.807, 2.05) is 36.7 Å². The van der Waals surface area contributed by atoms with Gasteiger partial charge in [-0.1, -0.05) is 51.8 Å². The van der Waals surface area contributed by atoms with Crippen molar-refractivity contribution in [3.05, 3.63) is 86.1 Å². The van der Waals surface area contributed by atoms with Crippen LogP contribution >= 0.6 is 27.5 Å². The molecule has 0 bridgehead atoms. The Morgan fingerprint density at radius 2 is 1.92 bits per heavy atom. The van der Waals surface area contributed by atoms with E-state index in [0.717, 1.165) is 27.0 Å². The third-order valence-electron chi connectivity index (χ3n) is 4.05. The van der Waals surface area contributed by atoms with Gasteiger partial charge in [-0.15, -0.1) is 0 Å². The second kappa shape index (κ2) is 8.06. The maximum atomic E-state index is 12.4. The van der Waals surface area contributed by atoms with Gasteiger partial charge >= 0.3 is 0 Å². The van der Waals surface area contributed by atoms with E-state index in [2.05, 4.69) is 44.5 Å². The number of carbonyl (C=O) groups is 1. The van der Waals surface area contributed by atoms with Gasteiger partial charge in [0.2, 0.25) is 0 Å². The summed E-state index contributed by atoms with van der Waals surface area (Å²) in [5, 5.41) is 7.85. The van der Waals surface area contributed by atoms with Crippen LogP contribution in [0.3, 0.4) is 0 Å². The van der Waals surface area contributed by atoms with Crippen LogP contribution in [-0.4, -0.2) is 15.7 Å². The molecule has 0 unspecified atom stereocenters. The first-order valence-electron chi connectivity index (χ1n) is 8.24. The molecule has 0 aliphatic carbocycles. The molecule has 6 heteroatoms. The van der Waals surface area contributed by atoms with E-state index in [-0.39, 0.29) is 5.91 Å². The molecule has 2 aromatic carbocycles. The molecule has 0 saturated carbocycles. The summed E-state index contributed by atoms with van der Waals surface area (Å²) < 4.78 is 2.80. The third kappa shape index (κ3) is 4.54. The normalized spacial score (nSPS) is 10.8. The Hall–Kier alpha value is -2.11. The minimum absolute atomic E-state index is 0.194. The van der Waals surface area contributed by atoms with Crippen LogP contribution in [0, 0.1) is 13.8 Å². The molecule has 0 saturated heterocycles. The summed E-state index contributed by atoms with van der Waals surface area (Å²) in [6.45, 7) is 5.18. The second-order valence-electron chi connectivity index (χ2n) is 6.21. The first-order chi connectivity index (χ1) is 12.4. The summed E-state index contributed by atoms with van der Waals surface area (Å²) in [5.41, 5.74) is 4.77. The SMILES string of the molecule is Cc1cc(C)n(Cc2cccc(CNC(=O)c3cc(Br)ccc3Cl)c2)n1. The molecule has 4 nitrogen and oxygen atoms in total. The third-order valence-corrected chi connectivity index (χ3v) is 4.88. The number of carbonyl (C=O) groups excluding carboxylic acids is 1. The Morgan fingerprint density at radius 1 is 1.15 bits per heavy atom. The number of hydrogen-bond acceptors (Lipinski definition) is 2. The second-order valence-corrected chi connectivity index (χ2v) is 7.53. The highest BCUT2D eigenvalue weighted by Gasteiger charge is 2.11. The first kappa shape index (κ1) is 18.7. The lowest BCUT2D eigenvalue weighted by molar-refractivity contribution is 0.0951. The molecule has 1 aromatic heterocycles. The van der Waals surface area contributed by atoms with Gasteiger partial charge in [-0.3, -0.25) is 9.48 Å². The van der Waals surface area contributed by atoms with Gasteiger partial charge in [0.25, 0.3) is 5.91 Å². The molecule has 0 atom stereocenters. The van der Waals surface area contributed by atoms with Crippen molar-refractivity contribution in [2.75, 3.05) is 0 Å². The lowest BCUT2D eigenvalue weighted by Gasteiger charge is -2.10. The highest BCUT2D eigenvalue weighted by Crippen LogP contribution is 2.21. The summed E-state index contributed by atoms with van der Waals surface area (Å²) >= 11 is 9.48. The monoisotopic (exact) mass is 431 g/mol. The number of nitrogens with zero attached hydrogens (tertiary/aromatic N) is 2. The summed E-state index contributed by atoms with van der Waals surface area (Å²) in [5.74, 6) is -0.194. The van der Waals surface area contributed by atoms with Gasteiger partial charge in [-0.05, 0) is 49.2 Å². The molecular formula is C20H19BrClN3O. The van der Waals surface area contributed by atoms with Gasteiger partial charge in [0.05, 0.1) is 22.8 Å². The van der Waals surface area contributed by atoms with E-state index < -0.39 is 0 Å². The molecule has 1 amide bonds. The smallest absolute Gasteiger partial charge is 0.253 e. The van der Waals surface area contributed by atoms with Crippen LogP contribution in [0.1, 0.15) is 32.9 Å². The lowest BCUT2D eigenvalue weighted by Crippen LogP contribution is -2.23. The van der Waals surface area contributed by atoms with E-state index in [1.165, 1.54) is 0 Å². The zero-order valence-corrected chi connectivity index (χ0v) is 16.9. The zero-order chi connectivity index (χ0) is 18.7. The maximum Gasteiger partial charge on any atom is 0.253 e. The van der Waals surface area contributed by atoms with E-state index >= 15 is 0 Å². The lowest BCUT2D eigenvalue weighted by atomic mass is 10.1. The average Bonchev–Trinajstić information content (AvgIpc) is 2.92. The largest absolute Gasteiger partial charge is 0.348 e. The Morgan fingerprint density at radius 3 is 2.65 bits per heavy atom. The molecule has 0 radical (unpaired) electrons. The number of aryl methyl sites for hydroxylation is 2. The standard InChI is InChI=1S/C20H19BrClN3O/c1-13-8-14(2)25(24-13)12-16-5-3-4-15(9-16)11-23-20(26)18-10-17(21)6-7-19(18)22/h3-10H,11-12H2,1-2H3,(H,23,26). The quantitative estimate of drug-likeness (QED) is 0.624. The fourth-order valence-corrected chi connectivity index (χ4v) is 3.36. The van der Waals surface area contributed by atoms with E-state index in [4.69, 9.17) is 11.6 Å². The fourth-order valence-electron chi connectivity index (χ4n) is 2.79. The number of halogens is 2. The van der Waals surface area contributed by atoms with Crippen molar-refractivity contribution in [2.24, 2.45) is 0 Å². The van der Waals surface area contributed by atoms with Crippen molar-refractivity contribution in [3.63, 3.8) is 0 Å². The van der Waals surface area contributed by atoms with Gasteiger partial charge in [0.1, 0.15) is 0 Å². The minimum atomic E-state index is -0.194. The van der Waals surface area contributed by atoms with Crippen LogP contribution in [-0.2, 0) is 13.1 Å². The van der Waals surface area contributed by atoms with Gasteiger partial charge in [0, 0.05) is 16.7 Å². The highest BCUT2D eigenvalue weighted by atomic mass is 79.9. The first-order valence-corrected chi connectivity index (χ1v) is 9.41. The Labute approximate surface area is 166 Å². The summed E-state index contributed by atoms with van der Waals surface area (Å²) in [6, 6.07) is 15.4. The van der Waals surface area contributed by atoms with Gasteiger partial charge in [-0.2, -0.15) is 5.10 Å². The Balaban J connectivity index is 1.68. The highest BCUT2D eigenvalue weighted by molar-refractivity contribution is 9.10. The van der Waals surface area contributed by atoms with E-state index in [1.54, 1.807) is 12.1 Å². The van der Waals surface area contributed by atoms with Crippen LogP contribution in [0.2, 0.25) is 5.02 Å². The van der Waals surface area contributed by atoms with Crippen molar-refractivity contribution in [2.45, 2.75) is 26.9 Å². The van der Waals surface area contributed by atoms with Crippen LogP contribution in [0.4, 0.5) is 0 Å². The van der Waals surface area contributed by atoms with Gasteiger partial charge in [0.15, 0.2) is 0 Å². The van der Waals surface area contributed by atoms with Crippen molar-refractivity contribution < 1.29 is 4.79 Å². The number of aromatic nitrogens is 2. The maximum absolute atomic E-state index is 12.4. The molecule has 0 aliphatic rings. The molecule has 134 valence electrons. The predicted octanol–water partition coefficient (Wildman–Crippen LogP) is 4.89. The number of amides is 1. The Kier molecular flexibility index (Phi) is 5.79. The van der Waals surface area contributed by atoms with Crippen LogP contribution in [0.25, 0.3) is 0 Å². The van der Waals surface area contributed by atoms with Crippen LogP contribution in [0.15, 0.2) is 53.0 Å². The summed E-state index contributed by atoms with van der Waals surface area (Å²) in [6.07, 6.45) is 0. The van der Waals surface area contributed by atoms with Gasteiger partial charge < -0.3 is 5.32 Å². The molecule has 1 N–H and O–H groups in total. The molecular weight excluding hydrogens is 414 g/mol. The number of hydrogen-bond donors (Lipinski definition) is 1. The van der Waals surface area contributed by atoms with Crippen LogP contribution in [0.5, 0.6) is 0 Å². The molecule has 1 heterocycles. The van der Waals surface area contributed by atoms with Crippen LogP contribution < -0.4 is 5.32 Å². The number of benzene rings is 2. The van der Waals surface area contributed by atoms with Crippen molar-refractivity contribution in [1.29, 1.82) is 0 Å². The molecule has 0 aliphatic heterocycles. The minimum Gasteiger partial charge on any atom is -0.348 e. The average molecular weight is 433 g/mol. The van der Waals surface area contributed by atoms with Crippen molar-refractivity contribution in [3.8, 4) is 0 Å². The van der Waals surface area contributed by atoms with E-state index in [0.29, 0.717) is 23.7 Å². The van der Waals surface area contributed by atoms with Gasteiger partial charge in [-0.25, -0.2) is 0 Å². The van der Waals surface area contributed by atoms with Crippen molar-refractivity contribution >= 4 is 33.4 Å². The number of rotatable bonds is 5. The molecule has 3 aromatic rings. The van der Waals surface area contributed by atoms with E-state index in [9.17, 15) is 4.79 Å². The molecule has 26 heavy (non-hydrogen) atoms. The fraction of sp³-hybridized carbons (Fsp3) is 0.200. The molecule has 3 rings (SSSR count).